The molecule has 0 saturated carbocycles. The molecule has 0 radical (unpaired) electrons. The summed E-state index contributed by atoms with van der Waals surface area (Å²) < 4.78 is 52.9. The first-order valence-corrected chi connectivity index (χ1v) is 7.37. The highest BCUT2D eigenvalue weighted by Gasteiger charge is 2.17. The predicted octanol–water partition coefficient (Wildman–Crippen LogP) is 3.06. The van der Waals surface area contributed by atoms with Crippen LogP contribution in [0, 0.1) is 30.9 Å². The number of hydrogen-bond donors (Lipinski definition) is 1. The lowest BCUT2D eigenvalue weighted by molar-refractivity contribution is 0.509. The Morgan fingerprint density at radius 1 is 1.10 bits per heavy atom. The van der Waals surface area contributed by atoms with Gasteiger partial charge < -0.3 is 0 Å². The summed E-state index contributed by atoms with van der Waals surface area (Å²) in [6, 6.07) is 7.56. The Labute approximate surface area is 121 Å². The van der Waals surface area contributed by atoms with Gasteiger partial charge in [0.2, 0.25) is 0 Å². The van der Waals surface area contributed by atoms with Crippen molar-refractivity contribution in [2.45, 2.75) is 11.8 Å². The maximum Gasteiger partial charge on any atom is 0.261 e. The van der Waals surface area contributed by atoms with Crippen LogP contribution in [-0.2, 0) is 10.0 Å². The van der Waals surface area contributed by atoms with E-state index in [4.69, 9.17) is 6.42 Å². The number of benzene rings is 2. The van der Waals surface area contributed by atoms with Crippen molar-refractivity contribution in [3.63, 3.8) is 0 Å². The van der Waals surface area contributed by atoms with Gasteiger partial charge in [-0.1, -0.05) is 23.6 Å². The van der Waals surface area contributed by atoms with Crippen LogP contribution >= 0.6 is 0 Å². The van der Waals surface area contributed by atoms with Crippen molar-refractivity contribution in [3.05, 3.63) is 59.2 Å². The van der Waals surface area contributed by atoms with Gasteiger partial charge in [-0.25, -0.2) is 17.2 Å². The lowest BCUT2D eigenvalue weighted by Gasteiger charge is -2.10. The lowest BCUT2D eigenvalue weighted by atomic mass is 10.2. The summed E-state index contributed by atoms with van der Waals surface area (Å²) >= 11 is 0. The van der Waals surface area contributed by atoms with E-state index in [1.165, 1.54) is 12.1 Å². The SMILES string of the molecule is C#Cc1cc(F)c(F)cc1NS(=O)(=O)c1ccc(C)cc1. The zero-order chi connectivity index (χ0) is 15.6. The molecule has 2 aromatic carbocycles. The summed E-state index contributed by atoms with van der Waals surface area (Å²) in [5.41, 5.74) is 0.632. The molecule has 1 N–H and O–H groups in total. The van der Waals surface area contributed by atoms with Gasteiger partial charge in [0.05, 0.1) is 16.1 Å². The summed E-state index contributed by atoms with van der Waals surface area (Å²) in [4.78, 5) is 0.000745. The van der Waals surface area contributed by atoms with E-state index in [0.29, 0.717) is 0 Å². The zero-order valence-electron chi connectivity index (χ0n) is 11.0. The van der Waals surface area contributed by atoms with Crippen LogP contribution in [0.1, 0.15) is 11.1 Å². The van der Waals surface area contributed by atoms with E-state index in [1.54, 1.807) is 12.1 Å². The standard InChI is InChI=1S/C15H11F2NO2S/c1-3-11-8-13(16)14(17)9-15(11)18-21(19,20)12-6-4-10(2)5-7-12/h1,4-9,18H,2H3. The molecule has 0 aliphatic rings. The van der Waals surface area contributed by atoms with Crippen molar-refractivity contribution in [2.75, 3.05) is 4.72 Å². The number of sulfonamides is 1. The number of nitrogens with one attached hydrogen (secondary N) is 1. The average molecular weight is 307 g/mol. The molecule has 2 aromatic rings. The van der Waals surface area contributed by atoms with E-state index >= 15 is 0 Å². The van der Waals surface area contributed by atoms with E-state index in [0.717, 1.165) is 17.7 Å². The third kappa shape index (κ3) is 3.20. The van der Waals surface area contributed by atoms with E-state index in [2.05, 4.69) is 10.6 Å². The van der Waals surface area contributed by atoms with Crippen molar-refractivity contribution in [1.29, 1.82) is 0 Å². The van der Waals surface area contributed by atoms with Crippen LogP contribution in [0.15, 0.2) is 41.3 Å². The number of hydrogen-bond acceptors (Lipinski definition) is 2. The minimum absolute atomic E-state index is 0.000745. The van der Waals surface area contributed by atoms with Gasteiger partial charge >= 0.3 is 0 Å². The first kappa shape index (κ1) is 15.0. The summed E-state index contributed by atoms with van der Waals surface area (Å²) in [5, 5.41) is 0. The van der Waals surface area contributed by atoms with Gasteiger partial charge in [0.25, 0.3) is 10.0 Å². The Kier molecular flexibility index (Phi) is 3.96. The molecule has 0 bridgehead atoms. The molecule has 2 rings (SSSR count). The minimum atomic E-state index is -3.93. The number of halogens is 2. The molecule has 0 unspecified atom stereocenters. The molecule has 0 spiro atoms. The van der Waals surface area contributed by atoms with E-state index in [9.17, 15) is 17.2 Å². The average Bonchev–Trinajstić information content (AvgIpc) is 2.42. The van der Waals surface area contributed by atoms with Crippen molar-refractivity contribution in [2.24, 2.45) is 0 Å². The molecule has 0 aromatic heterocycles. The Bertz CT molecular complexity index is 822. The fourth-order valence-corrected chi connectivity index (χ4v) is 2.74. The highest BCUT2D eigenvalue weighted by Crippen LogP contribution is 2.23. The van der Waals surface area contributed by atoms with Gasteiger partial charge in [-0.2, -0.15) is 0 Å². The van der Waals surface area contributed by atoms with E-state index < -0.39 is 21.7 Å². The molecule has 0 saturated heterocycles. The van der Waals surface area contributed by atoms with Gasteiger partial charge in [-0.05, 0) is 25.1 Å². The van der Waals surface area contributed by atoms with Crippen molar-refractivity contribution in [3.8, 4) is 12.3 Å². The summed E-state index contributed by atoms with van der Waals surface area (Å²) in [6.07, 6.45) is 5.17. The van der Waals surface area contributed by atoms with Crippen molar-refractivity contribution in [1.82, 2.24) is 0 Å². The topological polar surface area (TPSA) is 46.2 Å². The van der Waals surface area contributed by atoms with Crippen LogP contribution in [0.3, 0.4) is 0 Å². The van der Waals surface area contributed by atoms with Gasteiger partial charge in [0, 0.05) is 6.07 Å². The molecule has 6 heteroatoms. The highest BCUT2D eigenvalue weighted by molar-refractivity contribution is 7.92. The van der Waals surface area contributed by atoms with Crippen LogP contribution in [-0.4, -0.2) is 8.42 Å². The zero-order valence-corrected chi connectivity index (χ0v) is 11.8. The van der Waals surface area contributed by atoms with Gasteiger partial charge in [-0.15, -0.1) is 6.42 Å². The maximum absolute atomic E-state index is 13.2. The number of rotatable bonds is 3. The first-order chi connectivity index (χ1) is 9.83. The fourth-order valence-electron chi connectivity index (χ4n) is 1.67. The lowest BCUT2D eigenvalue weighted by Crippen LogP contribution is -2.14. The minimum Gasteiger partial charge on any atom is -0.278 e. The quantitative estimate of drug-likeness (QED) is 0.886. The predicted molar refractivity (Wildman–Crippen MR) is 76.3 cm³/mol. The Morgan fingerprint density at radius 3 is 2.24 bits per heavy atom. The molecule has 3 nitrogen and oxygen atoms in total. The molecule has 21 heavy (non-hydrogen) atoms. The van der Waals surface area contributed by atoms with Crippen molar-refractivity contribution >= 4 is 15.7 Å². The third-order valence-corrected chi connectivity index (χ3v) is 4.17. The molecular formula is C15H11F2NO2S. The van der Waals surface area contributed by atoms with E-state index in [-0.39, 0.29) is 16.1 Å². The second-order valence-electron chi connectivity index (χ2n) is 4.37. The smallest absolute Gasteiger partial charge is 0.261 e. The van der Waals surface area contributed by atoms with Crippen LogP contribution in [0.25, 0.3) is 0 Å². The van der Waals surface area contributed by atoms with Crippen LogP contribution in [0.2, 0.25) is 0 Å². The van der Waals surface area contributed by atoms with Gasteiger partial charge in [0.1, 0.15) is 0 Å². The Balaban J connectivity index is 2.44. The molecular weight excluding hydrogens is 296 g/mol. The molecule has 0 aliphatic heterocycles. The van der Waals surface area contributed by atoms with Crippen molar-refractivity contribution < 1.29 is 17.2 Å². The van der Waals surface area contributed by atoms with Gasteiger partial charge in [-0.3, -0.25) is 4.72 Å². The molecule has 0 atom stereocenters. The largest absolute Gasteiger partial charge is 0.278 e. The van der Waals surface area contributed by atoms with Crippen LogP contribution in [0.5, 0.6) is 0 Å². The van der Waals surface area contributed by atoms with Gasteiger partial charge in [0.15, 0.2) is 11.6 Å². The Hall–Kier alpha value is -2.39. The number of anilines is 1. The third-order valence-electron chi connectivity index (χ3n) is 2.79. The molecule has 108 valence electrons. The molecule has 0 fully saturated rings. The Morgan fingerprint density at radius 2 is 1.67 bits per heavy atom. The first-order valence-electron chi connectivity index (χ1n) is 5.88. The highest BCUT2D eigenvalue weighted by atomic mass is 32.2. The molecule has 0 amide bonds. The van der Waals surface area contributed by atoms with E-state index in [1.807, 2.05) is 6.92 Å². The summed E-state index contributed by atoms with van der Waals surface area (Å²) in [5.74, 6) is -0.209. The second kappa shape index (κ2) is 5.54. The normalized spacial score (nSPS) is 11.0. The van der Waals surface area contributed by atoms with Crippen LogP contribution < -0.4 is 4.72 Å². The molecule has 0 aliphatic carbocycles. The number of terminal acetylenes is 1. The number of aryl methyl sites for hydroxylation is 1. The van der Waals surface area contributed by atoms with Crippen LogP contribution in [0.4, 0.5) is 14.5 Å². The second-order valence-corrected chi connectivity index (χ2v) is 6.06. The fraction of sp³-hybridized carbons (Fsp3) is 0.0667. The monoisotopic (exact) mass is 307 g/mol. The summed E-state index contributed by atoms with van der Waals surface area (Å²) in [6.45, 7) is 1.82. The maximum atomic E-state index is 13.2. The molecule has 0 heterocycles. The summed E-state index contributed by atoms with van der Waals surface area (Å²) in [7, 11) is -3.93.